The first-order valence-corrected chi connectivity index (χ1v) is 13.4. The van der Waals surface area contributed by atoms with Crippen LogP contribution in [0.1, 0.15) is 29.5 Å². The summed E-state index contributed by atoms with van der Waals surface area (Å²) in [5.41, 5.74) is 4.95. The van der Waals surface area contributed by atoms with E-state index < -0.39 is 0 Å². The van der Waals surface area contributed by atoms with Gasteiger partial charge in [0.15, 0.2) is 0 Å². The monoisotopic (exact) mass is 542 g/mol. The number of pyridine rings is 1. The Labute approximate surface area is 233 Å². The summed E-state index contributed by atoms with van der Waals surface area (Å²) in [6.07, 6.45) is 5.91. The predicted molar refractivity (Wildman–Crippen MR) is 155 cm³/mol. The van der Waals surface area contributed by atoms with E-state index in [-0.39, 0.29) is 12.3 Å². The summed E-state index contributed by atoms with van der Waals surface area (Å²) in [4.78, 5) is 26.3. The van der Waals surface area contributed by atoms with Crippen LogP contribution in [0.2, 0.25) is 5.02 Å². The second-order valence-corrected chi connectivity index (χ2v) is 10.1. The lowest BCUT2D eigenvalue weighted by Gasteiger charge is -2.23. The molecule has 1 aliphatic heterocycles. The topological polar surface area (TPSA) is 101 Å². The summed E-state index contributed by atoms with van der Waals surface area (Å²) in [5, 5.41) is 10.5. The van der Waals surface area contributed by atoms with Gasteiger partial charge in [-0.15, -0.1) is 0 Å². The Hall–Kier alpha value is -4.01. The number of carbonyl (C=O) groups is 1. The molecule has 0 bridgehead atoms. The van der Waals surface area contributed by atoms with E-state index in [2.05, 4.69) is 25.9 Å². The Morgan fingerprint density at radius 3 is 2.69 bits per heavy atom. The van der Waals surface area contributed by atoms with Gasteiger partial charge in [0, 0.05) is 35.7 Å². The third kappa shape index (κ3) is 6.71. The average Bonchev–Trinajstić information content (AvgIpc) is 2.95. The summed E-state index contributed by atoms with van der Waals surface area (Å²) in [7, 11) is 0. The summed E-state index contributed by atoms with van der Waals surface area (Å²) in [5.74, 6) is 1.59. The van der Waals surface area contributed by atoms with E-state index in [4.69, 9.17) is 21.3 Å². The highest BCUT2D eigenvalue weighted by Crippen LogP contribution is 2.35. The fourth-order valence-corrected chi connectivity index (χ4v) is 4.66. The molecule has 1 aliphatic rings. The standard InChI is InChI=1S/C30H31ClN6O2/c1-19-20(2)27(12-11-25(19)36-28(38)17-21-7-9-22(31)10-8-21)39-29-24(6-4-15-33-29)26-13-16-34-30(37-26)35-23-5-3-14-32-18-23/h4,6-13,15-16,23,32H,3,5,14,17-18H2,1-2H3,(H,36,38)(H,34,35,37)/t23-/m0/s1. The van der Waals surface area contributed by atoms with Gasteiger partial charge in [-0.05, 0) is 92.4 Å². The van der Waals surface area contributed by atoms with Crippen LogP contribution in [-0.2, 0) is 11.2 Å². The maximum absolute atomic E-state index is 12.7. The molecule has 0 unspecified atom stereocenters. The minimum atomic E-state index is -0.0994. The number of nitrogens with zero attached hydrogens (tertiary/aromatic N) is 3. The number of anilines is 2. The maximum atomic E-state index is 12.7. The Kier molecular flexibility index (Phi) is 8.34. The van der Waals surface area contributed by atoms with Crippen molar-refractivity contribution in [1.82, 2.24) is 20.3 Å². The van der Waals surface area contributed by atoms with Crippen LogP contribution in [-0.4, -0.2) is 40.0 Å². The fraction of sp³-hybridized carbons (Fsp3) is 0.267. The molecule has 4 aromatic rings. The molecular formula is C30H31ClN6O2. The lowest BCUT2D eigenvalue weighted by molar-refractivity contribution is -0.115. The number of halogens is 1. The smallest absolute Gasteiger partial charge is 0.228 e. The number of benzene rings is 2. The van der Waals surface area contributed by atoms with Crippen LogP contribution in [0.5, 0.6) is 11.6 Å². The summed E-state index contributed by atoms with van der Waals surface area (Å²) < 4.78 is 6.31. The number of hydrogen-bond donors (Lipinski definition) is 3. The Bertz CT molecular complexity index is 1450. The molecule has 8 nitrogen and oxygen atoms in total. The van der Waals surface area contributed by atoms with Crippen molar-refractivity contribution in [3.63, 3.8) is 0 Å². The van der Waals surface area contributed by atoms with Crippen molar-refractivity contribution in [1.29, 1.82) is 0 Å². The maximum Gasteiger partial charge on any atom is 0.228 e. The van der Waals surface area contributed by atoms with Crippen molar-refractivity contribution in [2.75, 3.05) is 23.7 Å². The molecule has 2 aromatic heterocycles. The zero-order valence-corrected chi connectivity index (χ0v) is 22.8. The van der Waals surface area contributed by atoms with Crippen LogP contribution in [0.4, 0.5) is 11.6 Å². The Morgan fingerprint density at radius 1 is 1.05 bits per heavy atom. The lowest BCUT2D eigenvalue weighted by atomic mass is 10.1. The second kappa shape index (κ2) is 12.2. The van der Waals surface area contributed by atoms with Crippen molar-refractivity contribution in [3.8, 4) is 22.9 Å². The predicted octanol–water partition coefficient (Wildman–Crippen LogP) is 5.95. The minimum Gasteiger partial charge on any atom is -0.438 e. The van der Waals surface area contributed by atoms with Gasteiger partial charge in [-0.25, -0.2) is 15.0 Å². The molecule has 0 saturated carbocycles. The second-order valence-electron chi connectivity index (χ2n) is 9.62. The van der Waals surface area contributed by atoms with Crippen molar-refractivity contribution < 1.29 is 9.53 Å². The normalized spacial score (nSPS) is 15.0. The highest BCUT2D eigenvalue weighted by molar-refractivity contribution is 6.30. The average molecular weight is 543 g/mol. The number of piperidine rings is 1. The third-order valence-corrected chi connectivity index (χ3v) is 7.08. The molecule has 1 fully saturated rings. The van der Waals surface area contributed by atoms with Crippen LogP contribution in [0.3, 0.4) is 0 Å². The number of amides is 1. The molecule has 5 rings (SSSR count). The number of rotatable bonds is 8. The van der Waals surface area contributed by atoms with Gasteiger partial charge < -0.3 is 20.7 Å². The molecule has 3 heterocycles. The molecule has 2 aromatic carbocycles. The number of ether oxygens (including phenoxy) is 1. The van der Waals surface area contributed by atoms with Crippen LogP contribution in [0.15, 0.2) is 67.0 Å². The molecule has 3 N–H and O–H groups in total. The summed E-state index contributed by atoms with van der Waals surface area (Å²) in [6, 6.07) is 16.9. The van der Waals surface area contributed by atoms with E-state index in [1.165, 1.54) is 0 Å². The van der Waals surface area contributed by atoms with Gasteiger partial charge in [0.05, 0.1) is 17.7 Å². The van der Waals surface area contributed by atoms with Gasteiger partial charge in [-0.1, -0.05) is 23.7 Å². The number of aromatic nitrogens is 3. The zero-order chi connectivity index (χ0) is 27.2. The van der Waals surface area contributed by atoms with Gasteiger partial charge in [-0.3, -0.25) is 4.79 Å². The lowest BCUT2D eigenvalue weighted by Crippen LogP contribution is -2.38. The van der Waals surface area contributed by atoms with Crippen LogP contribution >= 0.6 is 11.6 Å². The van der Waals surface area contributed by atoms with Crippen molar-refractivity contribution in [2.24, 2.45) is 0 Å². The minimum absolute atomic E-state index is 0.0994. The molecular weight excluding hydrogens is 512 g/mol. The Morgan fingerprint density at radius 2 is 1.90 bits per heavy atom. The largest absolute Gasteiger partial charge is 0.438 e. The SMILES string of the molecule is Cc1c(NC(=O)Cc2ccc(Cl)cc2)ccc(Oc2ncccc2-c2ccnc(N[C@H]3CCCNC3)n2)c1C. The molecule has 39 heavy (non-hydrogen) atoms. The van der Waals surface area contributed by atoms with E-state index in [0.717, 1.165) is 59.6 Å². The van der Waals surface area contributed by atoms with Crippen molar-refractivity contribution in [3.05, 3.63) is 88.7 Å². The van der Waals surface area contributed by atoms with E-state index >= 15 is 0 Å². The quantitative estimate of drug-likeness (QED) is 0.253. The number of hydrogen-bond acceptors (Lipinski definition) is 7. The molecule has 1 amide bonds. The Balaban J connectivity index is 1.31. The van der Waals surface area contributed by atoms with Gasteiger partial charge in [0.1, 0.15) is 5.75 Å². The van der Waals surface area contributed by atoms with Gasteiger partial charge in [0.2, 0.25) is 17.7 Å². The first-order valence-electron chi connectivity index (χ1n) is 13.0. The molecule has 9 heteroatoms. The summed E-state index contributed by atoms with van der Waals surface area (Å²) >= 11 is 5.95. The van der Waals surface area contributed by atoms with E-state index in [9.17, 15) is 4.79 Å². The van der Waals surface area contributed by atoms with E-state index in [0.29, 0.717) is 28.6 Å². The highest BCUT2D eigenvalue weighted by atomic mass is 35.5. The number of nitrogens with one attached hydrogen (secondary N) is 3. The van der Waals surface area contributed by atoms with Crippen LogP contribution < -0.4 is 20.7 Å². The first kappa shape index (κ1) is 26.6. The number of carbonyl (C=O) groups excluding carboxylic acids is 1. The van der Waals surface area contributed by atoms with Crippen molar-refractivity contribution >= 4 is 29.1 Å². The van der Waals surface area contributed by atoms with E-state index in [1.807, 2.05) is 56.3 Å². The van der Waals surface area contributed by atoms with Gasteiger partial charge in [0.25, 0.3) is 0 Å². The molecule has 0 spiro atoms. The molecule has 0 aliphatic carbocycles. The van der Waals surface area contributed by atoms with Gasteiger partial charge >= 0.3 is 0 Å². The highest BCUT2D eigenvalue weighted by Gasteiger charge is 2.17. The molecule has 0 radical (unpaired) electrons. The molecule has 1 atom stereocenters. The fourth-order valence-electron chi connectivity index (χ4n) is 4.53. The zero-order valence-electron chi connectivity index (χ0n) is 22.0. The van der Waals surface area contributed by atoms with E-state index in [1.54, 1.807) is 24.5 Å². The van der Waals surface area contributed by atoms with Crippen LogP contribution in [0.25, 0.3) is 11.3 Å². The third-order valence-electron chi connectivity index (χ3n) is 6.83. The first-order chi connectivity index (χ1) is 19.0. The molecule has 1 saturated heterocycles. The van der Waals surface area contributed by atoms with Crippen LogP contribution in [0, 0.1) is 13.8 Å². The van der Waals surface area contributed by atoms with Crippen molar-refractivity contribution in [2.45, 2.75) is 39.2 Å². The van der Waals surface area contributed by atoms with Gasteiger partial charge in [-0.2, -0.15) is 0 Å². The molecule has 200 valence electrons. The summed E-state index contributed by atoms with van der Waals surface area (Å²) in [6.45, 7) is 5.87.